The second-order valence-corrected chi connectivity index (χ2v) is 2.76. The molecule has 0 aliphatic heterocycles. The van der Waals surface area contributed by atoms with Crippen molar-refractivity contribution in [3.8, 4) is 0 Å². The van der Waals surface area contributed by atoms with Crippen molar-refractivity contribution < 1.29 is 0 Å². The van der Waals surface area contributed by atoms with Crippen LogP contribution in [0.15, 0.2) is 24.3 Å². The number of rotatable bonds is 2. The molecule has 0 spiro atoms. The van der Waals surface area contributed by atoms with Crippen LogP contribution in [0, 0.1) is 5.41 Å². The number of amidine groups is 1. The fraction of sp³-hybridized carbons (Fsp3) is 0.125. The highest BCUT2D eigenvalue weighted by molar-refractivity contribution is 5.80. The van der Waals surface area contributed by atoms with Crippen LogP contribution in [0.3, 0.4) is 0 Å². The molecule has 2 aromatic rings. The summed E-state index contributed by atoms with van der Waals surface area (Å²) in [6.45, 7) is 0.292. The summed E-state index contributed by atoms with van der Waals surface area (Å²) >= 11 is 0. The van der Waals surface area contributed by atoms with Gasteiger partial charge in [0.1, 0.15) is 17.9 Å². The maximum absolute atomic E-state index is 7.13. The fourth-order valence-electron chi connectivity index (χ4n) is 1.20. The Labute approximate surface area is 74.7 Å². The monoisotopic (exact) mass is 175 g/mol. The Morgan fingerprint density at radius 2 is 2.23 bits per heavy atom. The van der Waals surface area contributed by atoms with Gasteiger partial charge in [-0.05, 0) is 12.1 Å². The van der Waals surface area contributed by atoms with Crippen molar-refractivity contribution in [3.63, 3.8) is 0 Å². The number of fused-ring (bicyclic) bond motifs is 1. The molecule has 0 saturated carbocycles. The van der Waals surface area contributed by atoms with Gasteiger partial charge < -0.3 is 5.73 Å². The van der Waals surface area contributed by atoms with E-state index in [2.05, 4.69) is 10.3 Å². The lowest BCUT2D eigenvalue weighted by atomic mass is 10.3. The second-order valence-electron chi connectivity index (χ2n) is 2.76. The number of hydrogen-bond donors (Lipinski definition) is 2. The van der Waals surface area contributed by atoms with Crippen LogP contribution >= 0.6 is 0 Å². The van der Waals surface area contributed by atoms with Gasteiger partial charge in [-0.3, -0.25) is 5.41 Å². The summed E-state index contributed by atoms with van der Waals surface area (Å²) in [6, 6.07) is 7.58. The van der Waals surface area contributed by atoms with E-state index < -0.39 is 0 Å². The van der Waals surface area contributed by atoms with E-state index in [0.29, 0.717) is 6.54 Å². The van der Waals surface area contributed by atoms with E-state index in [4.69, 9.17) is 11.1 Å². The Hall–Kier alpha value is -1.91. The van der Waals surface area contributed by atoms with Gasteiger partial charge in [-0.25, -0.2) is 4.68 Å². The largest absolute Gasteiger partial charge is 0.386 e. The third-order valence-corrected chi connectivity index (χ3v) is 1.74. The van der Waals surface area contributed by atoms with Gasteiger partial charge in [0, 0.05) is 0 Å². The number of hydrogen-bond acceptors (Lipinski definition) is 3. The summed E-state index contributed by atoms with van der Waals surface area (Å²) < 4.78 is 1.61. The number of para-hydroxylation sites is 1. The topological polar surface area (TPSA) is 80.6 Å². The van der Waals surface area contributed by atoms with Gasteiger partial charge in [0.25, 0.3) is 0 Å². The molecule has 1 aromatic heterocycles. The predicted octanol–water partition coefficient (Wildman–Crippen LogP) is 0.367. The normalized spacial score (nSPS) is 10.5. The van der Waals surface area contributed by atoms with Gasteiger partial charge in [-0.2, -0.15) is 0 Å². The number of nitrogens with zero attached hydrogens (tertiary/aromatic N) is 3. The smallest absolute Gasteiger partial charge is 0.113 e. The molecule has 5 heteroatoms. The molecule has 0 aliphatic carbocycles. The van der Waals surface area contributed by atoms with Gasteiger partial charge in [0.05, 0.1) is 5.52 Å². The quantitative estimate of drug-likeness (QED) is 0.511. The molecule has 1 heterocycles. The van der Waals surface area contributed by atoms with Crippen LogP contribution in [0.2, 0.25) is 0 Å². The third kappa shape index (κ3) is 1.35. The summed E-state index contributed by atoms with van der Waals surface area (Å²) in [5.41, 5.74) is 6.99. The summed E-state index contributed by atoms with van der Waals surface area (Å²) in [4.78, 5) is 0. The molecule has 3 N–H and O–H groups in total. The zero-order valence-corrected chi connectivity index (χ0v) is 6.94. The minimum atomic E-state index is 0.0793. The minimum Gasteiger partial charge on any atom is -0.386 e. The molecule has 0 fully saturated rings. The van der Waals surface area contributed by atoms with Crippen LogP contribution in [-0.2, 0) is 6.54 Å². The first-order chi connectivity index (χ1) is 6.27. The molecule has 1 aromatic carbocycles. The maximum atomic E-state index is 7.13. The van der Waals surface area contributed by atoms with Crippen molar-refractivity contribution in [2.75, 3.05) is 0 Å². The summed E-state index contributed by atoms with van der Waals surface area (Å²) in [5, 5.41) is 14.9. The average Bonchev–Trinajstić information content (AvgIpc) is 2.48. The van der Waals surface area contributed by atoms with Gasteiger partial charge in [-0.1, -0.05) is 17.3 Å². The highest BCUT2D eigenvalue weighted by Crippen LogP contribution is 2.08. The Morgan fingerprint density at radius 3 is 3.00 bits per heavy atom. The highest BCUT2D eigenvalue weighted by Gasteiger charge is 2.02. The van der Waals surface area contributed by atoms with E-state index in [1.165, 1.54) is 0 Å². The molecule has 0 atom stereocenters. The minimum absolute atomic E-state index is 0.0793. The lowest BCUT2D eigenvalue weighted by molar-refractivity contribution is 0.696. The molecule has 5 nitrogen and oxygen atoms in total. The van der Waals surface area contributed by atoms with Gasteiger partial charge in [0.2, 0.25) is 0 Å². The molecule has 2 rings (SSSR count). The highest BCUT2D eigenvalue weighted by atomic mass is 15.4. The average molecular weight is 175 g/mol. The number of nitrogens with two attached hydrogens (primary N) is 1. The van der Waals surface area contributed by atoms with Crippen LogP contribution in [0.1, 0.15) is 0 Å². The second kappa shape index (κ2) is 2.85. The summed E-state index contributed by atoms with van der Waals surface area (Å²) in [7, 11) is 0. The van der Waals surface area contributed by atoms with E-state index >= 15 is 0 Å². The Bertz CT molecular complexity index is 444. The van der Waals surface area contributed by atoms with E-state index in [1.807, 2.05) is 24.3 Å². The first kappa shape index (κ1) is 7.72. The lowest BCUT2D eigenvalue weighted by Crippen LogP contribution is -2.18. The molecule has 0 amide bonds. The van der Waals surface area contributed by atoms with E-state index in [1.54, 1.807) is 4.68 Å². The SMILES string of the molecule is N=C(N)Cn1nnc2ccccc21. The standard InChI is InChI=1S/C8H9N5/c9-8(10)5-13-7-4-2-1-3-6(7)11-12-13/h1-4H,5H2,(H3,9,10). The summed E-state index contributed by atoms with van der Waals surface area (Å²) in [5.74, 6) is 0.0793. The predicted molar refractivity (Wildman–Crippen MR) is 49.4 cm³/mol. The van der Waals surface area contributed by atoms with Gasteiger partial charge in [-0.15, -0.1) is 5.10 Å². The van der Waals surface area contributed by atoms with E-state index in [9.17, 15) is 0 Å². The molecule has 0 saturated heterocycles. The van der Waals surface area contributed by atoms with E-state index in [0.717, 1.165) is 11.0 Å². The molecule has 66 valence electrons. The number of nitrogens with one attached hydrogen (secondary N) is 1. The molecule has 0 unspecified atom stereocenters. The van der Waals surface area contributed by atoms with Crippen LogP contribution in [0.25, 0.3) is 11.0 Å². The zero-order valence-electron chi connectivity index (χ0n) is 6.94. The Morgan fingerprint density at radius 1 is 1.46 bits per heavy atom. The van der Waals surface area contributed by atoms with Crippen LogP contribution in [0.4, 0.5) is 0 Å². The molecular weight excluding hydrogens is 166 g/mol. The van der Waals surface area contributed by atoms with Crippen molar-refractivity contribution in [1.29, 1.82) is 5.41 Å². The van der Waals surface area contributed by atoms with Crippen molar-refractivity contribution >= 4 is 16.9 Å². The Balaban J connectivity index is 2.51. The summed E-state index contributed by atoms with van der Waals surface area (Å²) in [6.07, 6.45) is 0. The maximum Gasteiger partial charge on any atom is 0.113 e. The first-order valence-electron chi connectivity index (χ1n) is 3.88. The van der Waals surface area contributed by atoms with Crippen molar-refractivity contribution in [2.45, 2.75) is 6.54 Å². The van der Waals surface area contributed by atoms with Gasteiger partial charge >= 0.3 is 0 Å². The van der Waals surface area contributed by atoms with Crippen molar-refractivity contribution in [1.82, 2.24) is 15.0 Å². The Kier molecular flexibility index (Phi) is 1.70. The van der Waals surface area contributed by atoms with Crippen LogP contribution < -0.4 is 5.73 Å². The van der Waals surface area contributed by atoms with Crippen molar-refractivity contribution in [2.24, 2.45) is 5.73 Å². The third-order valence-electron chi connectivity index (χ3n) is 1.74. The lowest BCUT2D eigenvalue weighted by Gasteiger charge is -1.98. The zero-order chi connectivity index (χ0) is 9.26. The van der Waals surface area contributed by atoms with Crippen LogP contribution in [0.5, 0.6) is 0 Å². The first-order valence-corrected chi connectivity index (χ1v) is 3.88. The van der Waals surface area contributed by atoms with Crippen LogP contribution in [-0.4, -0.2) is 20.8 Å². The number of aromatic nitrogens is 3. The fourth-order valence-corrected chi connectivity index (χ4v) is 1.20. The molecule has 13 heavy (non-hydrogen) atoms. The molecule has 0 bridgehead atoms. The molecule has 0 aliphatic rings. The molecular formula is C8H9N5. The van der Waals surface area contributed by atoms with Crippen molar-refractivity contribution in [3.05, 3.63) is 24.3 Å². The molecule has 0 radical (unpaired) electrons. The van der Waals surface area contributed by atoms with Gasteiger partial charge in [0.15, 0.2) is 0 Å². The van der Waals surface area contributed by atoms with E-state index in [-0.39, 0.29) is 5.84 Å². The number of benzene rings is 1.